The Morgan fingerprint density at radius 3 is 2.41 bits per heavy atom. The van der Waals surface area contributed by atoms with Gasteiger partial charge in [-0.15, -0.1) is 0 Å². The van der Waals surface area contributed by atoms with E-state index in [0.717, 1.165) is 28.6 Å². The Morgan fingerprint density at radius 2 is 1.80 bits per heavy atom. The zero-order valence-corrected chi connectivity index (χ0v) is 29.7. The molecule has 4 atom stereocenters. The Hall–Kier alpha value is -3.76. The van der Waals surface area contributed by atoms with Crippen molar-refractivity contribution in [2.24, 2.45) is 5.41 Å². The maximum atomic E-state index is 13.4. The average Bonchev–Trinajstić information content (AvgIpc) is 3.58. The van der Waals surface area contributed by atoms with Gasteiger partial charge in [0.2, 0.25) is 0 Å². The fraction of sp³-hybridized carbons (Fsp3) is 0.500. The number of hydrogen-bond donors (Lipinski definition) is 2. The maximum Gasteiger partial charge on any atom is 0.408 e. The number of amides is 1. The molecule has 1 fully saturated rings. The molecule has 2 aromatic carbocycles. The number of aromatic nitrogens is 4. The first kappa shape index (κ1) is 33.6. The predicted octanol–water partition coefficient (Wildman–Crippen LogP) is 7.96. The Balaban J connectivity index is 1.53. The van der Waals surface area contributed by atoms with E-state index in [1.54, 1.807) is 21.7 Å². The van der Waals surface area contributed by atoms with Gasteiger partial charge in [-0.05, 0) is 79.1 Å². The summed E-state index contributed by atoms with van der Waals surface area (Å²) in [5.74, 6) is 0.663. The van der Waals surface area contributed by atoms with Gasteiger partial charge in [0.15, 0.2) is 8.32 Å². The van der Waals surface area contributed by atoms with Crippen LogP contribution >= 0.6 is 0 Å². The third-order valence-electron chi connectivity index (χ3n) is 10.5. The molecule has 4 aromatic rings. The molecule has 10 heteroatoms. The lowest BCUT2D eigenvalue weighted by molar-refractivity contribution is -0.0704. The highest BCUT2D eigenvalue weighted by Gasteiger charge is 2.61. The lowest BCUT2D eigenvalue weighted by atomic mass is 9.67. The van der Waals surface area contributed by atoms with Gasteiger partial charge in [0.25, 0.3) is 0 Å². The van der Waals surface area contributed by atoms with Crippen molar-refractivity contribution in [1.29, 1.82) is 0 Å². The van der Waals surface area contributed by atoms with E-state index in [1.165, 1.54) is 6.20 Å². The molecule has 0 bridgehead atoms. The molecule has 0 spiro atoms. The van der Waals surface area contributed by atoms with Crippen molar-refractivity contribution < 1.29 is 14.3 Å². The smallest absolute Gasteiger partial charge is 0.408 e. The van der Waals surface area contributed by atoms with Crippen LogP contribution in [0.3, 0.4) is 0 Å². The van der Waals surface area contributed by atoms with Gasteiger partial charge >= 0.3 is 11.8 Å². The first-order valence-electron chi connectivity index (χ1n) is 16.2. The fourth-order valence-electron chi connectivity index (χ4n) is 6.88. The van der Waals surface area contributed by atoms with E-state index in [4.69, 9.17) is 9.41 Å². The first-order valence-corrected chi connectivity index (χ1v) is 19.1. The van der Waals surface area contributed by atoms with Crippen LogP contribution in [0, 0.1) is 5.41 Å². The molecule has 1 amide bonds. The van der Waals surface area contributed by atoms with E-state index in [0.29, 0.717) is 18.7 Å². The summed E-state index contributed by atoms with van der Waals surface area (Å²) in [4.78, 5) is 39.5. The van der Waals surface area contributed by atoms with Crippen LogP contribution in [0.2, 0.25) is 18.1 Å². The molecule has 0 saturated carbocycles. The molecule has 9 nitrogen and oxygen atoms in total. The summed E-state index contributed by atoms with van der Waals surface area (Å²) in [6.07, 6.45) is 3.82. The van der Waals surface area contributed by atoms with Gasteiger partial charge in [0, 0.05) is 18.4 Å². The number of nitrogens with zero attached hydrogens (tertiary/aromatic N) is 4. The lowest BCUT2D eigenvalue weighted by Crippen LogP contribution is -2.63. The molecular weight excluding hydrogens is 595 g/mol. The van der Waals surface area contributed by atoms with Gasteiger partial charge in [-0.1, -0.05) is 77.9 Å². The van der Waals surface area contributed by atoms with Crippen molar-refractivity contribution in [3.63, 3.8) is 0 Å². The van der Waals surface area contributed by atoms with E-state index in [-0.39, 0.29) is 22.8 Å². The second-order valence-electron chi connectivity index (χ2n) is 15.4. The molecule has 1 aliphatic rings. The monoisotopic (exact) mass is 643 g/mol. The van der Waals surface area contributed by atoms with Crippen molar-refractivity contribution in [1.82, 2.24) is 24.4 Å². The summed E-state index contributed by atoms with van der Waals surface area (Å²) in [6, 6.07) is 17.4. The van der Waals surface area contributed by atoms with Crippen molar-refractivity contribution in [3.05, 3.63) is 94.4 Å². The number of fused-ring (bicyclic) bond motifs is 1. The van der Waals surface area contributed by atoms with E-state index in [2.05, 4.69) is 82.8 Å². The molecular formula is C36H49N5O4Si. The molecule has 0 unspecified atom stereocenters. The summed E-state index contributed by atoms with van der Waals surface area (Å²) in [5.41, 5.74) is 2.13. The summed E-state index contributed by atoms with van der Waals surface area (Å²) < 4.78 is 8.85. The zero-order chi connectivity index (χ0) is 33.7. The second kappa shape index (κ2) is 12.1. The minimum atomic E-state index is -2.33. The Bertz CT molecular complexity index is 1750. The summed E-state index contributed by atoms with van der Waals surface area (Å²) in [6.45, 7) is 19.5. The second-order valence-corrected chi connectivity index (χ2v) is 20.1. The number of imidazole rings is 1. The largest absolute Gasteiger partial charge is 0.465 e. The van der Waals surface area contributed by atoms with E-state index < -0.39 is 31.5 Å². The molecule has 3 heterocycles. The quantitative estimate of drug-likeness (QED) is 0.188. The lowest BCUT2D eigenvalue weighted by Gasteiger charge is -2.55. The van der Waals surface area contributed by atoms with Crippen LogP contribution in [-0.4, -0.2) is 55.5 Å². The first-order chi connectivity index (χ1) is 21.5. The van der Waals surface area contributed by atoms with Gasteiger partial charge in [-0.3, -0.25) is 9.47 Å². The highest BCUT2D eigenvalue weighted by molar-refractivity contribution is 6.74. The molecule has 0 radical (unpaired) electrons. The van der Waals surface area contributed by atoms with Crippen LogP contribution in [0.15, 0.2) is 71.8 Å². The Labute approximate surface area is 273 Å². The van der Waals surface area contributed by atoms with Crippen molar-refractivity contribution in [2.75, 3.05) is 0 Å². The van der Waals surface area contributed by atoms with Crippen molar-refractivity contribution in [3.8, 4) is 0 Å². The zero-order valence-electron chi connectivity index (χ0n) is 28.7. The minimum Gasteiger partial charge on any atom is -0.465 e. The predicted molar refractivity (Wildman–Crippen MR) is 185 cm³/mol. The van der Waals surface area contributed by atoms with Gasteiger partial charge in [-0.25, -0.2) is 19.6 Å². The number of carboxylic acid groups (broad SMARTS) is 1. The molecule has 2 aromatic heterocycles. The molecule has 1 saturated heterocycles. The molecule has 246 valence electrons. The highest BCUT2D eigenvalue weighted by atomic mass is 28.4. The molecule has 5 rings (SSSR count). The van der Waals surface area contributed by atoms with Crippen LogP contribution in [0.1, 0.15) is 90.4 Å². The van der Waals surface area contributed by atoms with Gasteiger partial charge < -0.3 is 14.5 Å². The number of rotatable bonds is 8. The van der Waals surface area contributed by atoms with Gasteiger partial charge in [-0.2, -0.15) is 0 Å². The molecule has 0 aliphatic carbocycles. The summed E-state index contributed by atoms with van der Waals surface area (Å²) in [7, 11) is -2.33. The summed E-state index contributed by atoms with van der Waals surface area (Å²) in [5, 5.41) is 11.0. The number of aromatic amines is 1. The number of carbonyl (C=O) groups is 1. The number of nitrogens with one attached hydrogen (secondary N) is 1. The number of benzene rings is 2. The van der Waals surface area contributed by atoms with Crippen LogP contribution in [-0.2, 0) is 10.8 Å². The minimum absolute atomic E-state index is 0.0498. The Morgan fingerprint density at radius 1 is 1.11 bits per heavy atom. The summed E-state index contributed by atoms with van der Waals surface area (Å²) >= 11 is 0. The molecule has 2 N–H and O–H groups in total. The highest BCUT2D eigenvalue weighted by Crippen LogP contribution is 2.57. The van der Waals surface area contributed by atoms with E-state index in [1.807, 2.05) is 37.3 Å². The third-order valence-corrected chi connectivity index (χ3v) is 14.9. The van der Waals surface area contributed by atoms with Crippen molar-refractivity contribution >= 4 is 25.4 Å². The van der Waals surface area contributed by atoms with E-state index in [9.17, 15) is 14.7 Å². The van der Waals surface area contributed by atoms with Crippen LogP contribution < -0.4 is 5.69 Å². The SMILES string of the molecule is C[C@@H](c1nc2ccc(C[C@@H]3CC[C@]([C@H](O[Si](C)(C)C(C)(C)C)c4ccccc4)(C(C)(C)C)N3C(=O)O)cc2[nH]1)n1cccnc1=O. The number of likely N-dealkylation sites (tertiary alicyclic amines) is 1. The number of H-pyrrole nitrogens is 1. The normalized spacial score (nSPS) is 20.6. The van der Waals surface area contributed by atoms with Crippen LogP contribution in [0.5, 0.6) is 0 Å². The molecule has 1 aliphatic heterocycles. The van der Waals surface area contributed by atoms with Crippen LogP contribution in [0.25, 0.3) is 11.0 Å². The van der Waals surface area contributed by atoms with E-state index >= 15 is 0 Å². The van der Waals surface area contributed by atoms with Crippen LogP contribution in [0.4, 0.5) is 4.79 Å². The fourth-order valence-corrected chi connectivity index (χ4v) is 8.15. The average molecular weight is 644 g/mol. The standard InChI is InChI=1S/C36H49N5O4Si/c1-24(40-21-13-20-37-32(40)42)31-38-28-17-16-25(23-29(28)39-31)22-27-18-19-36(34(2,3)4,41(27)33(43)44)30(26-14-11-10-12-15-26)45-46(8,9)35(5,6)7/h10-17,20-21,23-24,27,30H,18-19,22H2,1-9H3,(H,38,39)(H,43,44)/t24-,27-,30+,36-/m0/s1. The molecule has 46 heavy (non-hydrogen) atoms. The van der Waals surface area contributed by atoms with Crippen molar-refractivity contribution in [2.45, 2.75) is 110 Å². The van der Waals surface area contributed by atoms with Gasteiger partial charge in [0.1, 0.15) is 5.82 Å². The Kier molecular flexibility index (Phi) is 8.85. The van der Waals surface area contributed by atoms with Gasteiger partial charge in [0.05, 0.1) is 28.7 Å². The number of hydrogen-bond acceptors (Lipinski definition) is 5. The third kappa shape index (κ3) is 6.04. The maximum absolute atomic E-state index is 13.4. The topological polar surface area (TPSA) is 113 Å².